The van der Waals surface area contributed by atoms with E-state index in [0.29, 0.717) is 17.6 Å². The topological polar surface area (TPSA) is 20.2 Å². The van der Waals surface area contributed by atoms with Gasteiger partial charge in [-0.3, -0.25) is 0 Å². The van der Waals surface area contributed by atoms with Gasteiger partial charge in [-0.2, -0.15) is 0 Å². The van der Waals surface area contributed by atoms with Crippen molar-refractivity contribution in [2.75, 3.05) is 0 Å². The van der Waals surface area contributed by atoms with E-state index in [1.54, 1.807) is 0 Å². The standard InChI is InChI=1S/C26H26O/c1-17(2)19-11-12-23-20(7-6-8-21(23)16-19)15-18(3)22-13-14-26(27)25-10-5-4-9-24(22)25/h4-14,16-18,27H,15H2,1-3H3. The van der Waals surface area contributed by atoms with Crippen molar-refractivity contribution in [3.8, 4) is 5.75 Å². The van der Waals surface area contributed by atoms with Crippen molar-refractivity contribution in [3.63, 3.8) is 0 Å². The molecule has 0 amide bonds. The van der Waals surface area contributed by atoms with Crippen LogP contribution in [0.3, 0.4) is 0 Å². The summed E-state index contributed by atoms with van der Waals surface area (Å²) >= 11 is 0. The highest BCUT2D eigenvalue weighted by Crippen LogP contribution is 2.34. The Labute approximate surface area is 161 Å². The highest BCUT2D eigenvalue weighted by molar-refractivity contribution is 5.91. The van der Waals surface area contributed by atoms with Gasteiger partial charge in [0.15, 0.2) is 0 Å². The predicted octanol–water partition coefficient (Wildman–Crippen LogP) is 7.17. The number of fused-ring (bicyclic) bond motifs is 2. The van der Waals surface area contributed by atoms with E-state index >= 15 is 0 Å². The van der Waals surface area contributed by atoms with E-state index in [2.05, 4.69) is 69.3 Å². The molecule has 0 aliphatic carbocycles. The van der Waals surface area contributed by atoms with Gasteiger partial charge in [-0.15, -0.1) is 0 Å². The van der Waals surface area contributed by atoms with Crippen LogP contribution in [-0.4, -0.2) is 5.11 Å². The Morgan fingerprint density at radius 3 is 2.30 bits per heavy atom. The van der Waals surface area contributed by atoms with Crippen molar-refractivity contribution in [2.24, 2.45) is 0 Å². The Bertz CT molecular complexity index is 1110. The lowest BCUT2D eigenvalue weighted by molar-refractivity contribution is 0.481. The molecule has 0 spiro atoms. The summed E-state index contributed by atoms with van der Waals surface area (Å²) in [5.74, 6) is 1.26. The Morgan fingerprint density at radius 1 is 0.741 bits per heavy atom. The molecule has 0 heterocycles. The highest BCUT2D eigenvalue weighted by atomic mass is 16.3. The summed E-state index contributed by atoms with van der Waals surface area (Å²) in [5.41, 5.74) is 4.06. The number of aromatic hydroxyl groups is 1. The summed E-state index contributed by atoms with van der Waals surface area (Å²) < 4.78 is 0. The number of hydrogen-bond donors (Lipinski definition) is 1. The molecule has 0 aromatic heterocycles. The number of hydrogen-bond acceptors (Lipinski definition) is 1. The molecule has 0 aliphatic heterocycles. The number of phenols is 1. The Morgan fingerprint density at radius 2 is 1.52 bits per heavy atom. The zero-order valence-electron chi connectivity index (χ0n) is 16.2. The summed E-state index contributed by atoms with van der Waals surface area (Å²) in [4.78, 5) is 0. The Balaban J connectivity index is 1.73. The SMILES string of the molecule is CC(C)c1ccc2c(CC(C)c3ccc(O)c4ccccc34)cccc2c1. The molecular weight excluding hydrogens is 328 g/mol. The Hall–Kier alpha value is -2.80. The molecule has 0 aliphatic rings. The van der Waals surface area contributed by atoms with Crippen molar-refractivity contribution in [1.29, 1.82) is 0 Å². The zero-order chi connectivity index (χ0) is 19.0. The van der Waals surface area contributed by atoms with Gasteiger partial charge >= 0.3 is 0 Å². The fraction of sp³-hybridized carbons (Fsp3) is 0.231. The maximum absolute atomic E-state index is 10.2. The highest BCUT2D eigenvalue weighted by Gasteiger charge is 2.14. The largest absolute Gasteiger partial charge is 0.507 e. The second-order valence-electron chi connectivity index (χ2n) is 7.88. The molecule has 1 nitrogen and oxygen atoms in total. The summed E-state index contributed by atoms with van der Waals surface area (Å²) in [6.45, 7) is 6.76. The molecule has 0 saturated carbocycles. The molecular formula is C26H26O. The van der Waals surface area contributed by atoms with Gasteiger partial charge in [0.1, 0.15) is 5.75 Å². The van der Waals surface area contributed by atoms with Crippen LogP contribution in [0.2, 0.25) is 0 Å². The van der Waals surface area contributed by atoms with E-state index in [-0.39, 0.29) is 0 Å². The second-order valence-corrected chi connectivity index (χ2v) is 7.88. The van der Waals surface area contributed by atoms with E-state index in [4.69, 9.17) is 0 Å². The van der Waals surface area contributed by atoms with Crippen LogP contribution in [-0.2, 0) is 6.42 Å². The van der Waals surface area contributed by atoms with E-state index in [9.17, 15) is 5.11 Å². The first-order chi connectivity index (χ1) is 13.0. The van der Waals surface area contributed by atoms with Gasteiger partial charge in [-0.1, -0.05) is 87.5 Å². The van der Waals surface area contributed by atoms with Gasteiger partial charge < -0.3 is 5.11 Å². The molecule has 1 unspecified atom stereocenters. The van der Waals surface area contributed by atoms with Crippen LogP contribution in [0.1, 0.15) is 49.3 Å². The third-order valence-corrected chi connectivity index (χ3v) is 5.65. The van der Waals surface area contributed by atoms with E-state index < -0.39 is 0 Å². The first-order valence-corrected chi connectivity index (χ1v) is 9.76. The third kappa shape index (κ3) is 3.30. The van der Waals surface area contributed by atoms with Crippen molar-refractivity contribution < 1.29 is 5.11 Å². The van der Waals surface area contributed by atoms with Gasteiger partial charge in [0.25, 0.3) is 0 Å². The minimum atomic E-state index is 0.355. The fourth-order valence-corrected chi connectivity index (χ4v) is 4.08. The van der Waals surface area contributed by atoms with Crippen molar-refractivity contribution in [3.05, 3.63) is 89.5 Å². The van der Waals surface area contributed by atoms with Gasteiger partial charge in [-0.05, 0) is 57.2 Å². The fourth-order valence-electron chi connectivity index (χ4n) is 4.08. The molecule has 0 radical (unpaired) electrons. The van der Waals surface area contributed by atoms with Gasteiger partial charge in [0.05, 0.1) is 0 Å². The summed E-state index contributed by atoms with van der Waals surface area (Å²) in [6, 6.07) is 25.5. The third-order valence-electron chi connectivity index (χ3n) is 5.65. The summed E-state index contributed by atoms with van der Waals surface area (Å²) in [5, 5.41) is 14.9. The van der Waals surface area contributed by atoms with Crippen LogP contribution in [0.25, 0.3) is 21.5 Å². The van der Waals surface area contributed by atoms with Crippen LogP contribution in [0, 0.1) is 0 Å². The molecule has 27 heavy (non-hydrogen) atoms. The van der Waals surface area contributed by atoms with Gasteiger partial charge in [0.2, 0.25) is 0 Å². The van der Waals surface area contributed by atoms with Crippen LogP contribution in [0.4, 0.5) is 0 Å². The smallest absolute Gasteiger partial charge is 0.123 e. The van der Waals surface area contributed by atoms with Crippen molar-refractivity contribution >= 4 is 21.5 Å². The molecule has 0 bridgehead atoms. The average molecular weight is 354 g/mol. The maximum Gasteiger partial charge on any atom is 0.123 e. The van der Waals surface area contributed by atoms with Crippen LogP contribution >= 0.6 is 0 Å². The average Bonchev–Trinajstić information content (AvgIpc) is 2.68. The van der Waals surface area contributed by atoms with Crippen LogP contribution < -0.4 is 0 Å². The summed E-state index contributed by atoms with van der Waals surface area (Å²) in [7, 11) is 0. The molecule has 1 N–H and O–H groups in total. The van der Waals surface area contributed by atoms with Crippen molar-refractivity contribution in [2.45, 2.75) is 39.0 Å². The number of phenolic OH excluding ortho intramolecular Hbond substituents is 1. The van der Waals surface area contributed by atoms with Crippen molar-refractivity contribution in [1.82, 2.24) is 0 Å². The number of benzene rings is 4. The summed E-state index contributed by atoms with van der Waals surface area (Å²) in [6.07, 6.45) is 0.979. The maximum atomic E-state index is 10.2. The van der Waals surface area contributed by atoms with Gasteiger partial charge in [-0.25, -0.2) is 0 Å². The molecule has 1 heteroatoms. The van der Waals surface area contributed by atoms with E-state index in [0.717, 1.165) is 17.2 Å². The second kappa shape index (κ2) is 7.08. The molecule has 4 aromatic carbocycles. The number of rotatable bonds is 4. The normalized spacial score (nSPS) is 12.7. The Kier molecular flexibility index (Phi) is 4.61. The lowest BCUT2D eigenvalue weighted by Gasteiger charge is -2.17. The monoisotopic (exact) mass is 354 g/mol. The molecule has 136 valence electrons. The lowest BCUT2D eigenvalue weighted by Crippen LogP contribution is -2.00. The first-order valence-electron chi connectivity index (χ1n) is 9.76. The molecule has 0 saturated heterocycles. The van der Waals surface area contributed by atoms with E-state index in [1.165, 1.54) is 27.5 Å². The minimum Gasteiger partial charge on any atom is -0.507 e. The van der Waals surface area contributed by atoms with Crippen LogP contribution in [0.15, 0.2) is 72.8 Å². The lowest BCUT2D eigenvalue weighted by atomic mass is 9.87. The van der Waals surface area contributed by atoms with Gasteiger partial charge in [0, 0.05) is 5.39 Å². The predicted molar refractivity (Wildman–Crippen MR) is 116 cm³/mol. The molecule has 1 atom stereocenters. The molecule has 4 aromatic rings. The van der Waals surface area contributed by atoms with E-state index in [1.807, 2.05) is 24.3 Å². The molecule has 0 fully saturated rings. The molecule has 4 rings (SSSR count). The quantitative estimate of drug-likeness (QED) is 0.412. The zero-order valence-corrected chi connectivity index (χ0v) is 16.2. The first kappa shape index (κ1) is 17.6. The minimum absolute atomic E-state index is 0.355. The van der Waals surface area contributed by atoms with Crippen LogP contribution in [0.5, 0.6) is 5.75 Å².